The highest BCUT2D eigenvalue weighted by Gasteiger charge is 2.13. The van der Waals surface area contributed by atoms with Crippen molar-refractivity contribution < 1.29 is 4.79 Å². The Morgan fingerprint density at radius 3 is 2.82 bits per heavy atom. The Morgan fingerprint density at radius 1 is 1.53 bits per heavy atom. The summed E-state index contributed by atoms with van der Waals surface area (Å²) in [5.41, 5.74) is 0.515. The SMILES string of the molecule is Cc1nc(C(=O)NCc2nccn2C)c(C)s1. The molecule has 0 aliphatic rings. The molecule has 6 heteroatoms. The smallest absolute Gasteiger partial charge is 0.271 e. The molecule has 0 atom stereocenters. The molecular weight excluding hydrogens is 236 g/mol. The minimum absolute atomic E-state index is 0.144. The minimum Gasteiger partial charge on any atom is -0.343 e. The van der Waals surface area contributed by atoms with Gasteiger partial charge in [0.25, 0.3) is 5.91 Å². The molecule has 0 aliphatic heterocycles. The Hall–Kier alpha value is -1.69. The van der Waals surface area contributed by atoms with Crippen LogP contribution in [0.1, 0.15) is 26.2 Å². The zero-order valence-electron chi connectivity index (χ0n) is 10.0. The summed E-state index contributed by atoms with van der Waals surface area (Å²) in [5.74, 6) is 0.679. The van der Waals surface area contributed by atoms with E-state index < -0.39 is 0 Å². The van der Waals surface area contributed by atoms with E-state index in [9.17, 15) is 4.79 Å². The molecule has 0 radical (unpaired) electrons. The maximum atomic E-state index is 11.9. The number of nitrogens with zero attached hydrogens (tertiary/aromatic N) is 3. The van der Waals surface area contributed by atoms with Crippen LogP contribution in [-0.4, -0.2) is 20.4 Å². The van der Waals surface area contributed by atoms with Gasteiger partial charge in [0.05, 0.1) is 11.6 Å². The van der Waals surface area contributed by atoms with Crippen molar-refractivity contribution in [3.8, 4) is 0 Å². The zero-order chi connectivity index (χ0) is 12.4. The molecule has 0 saturated heterocycles. The van der Waals surface area contributed by atoms with E-state index in [4.69, 9.17) is 0 Å². The molecule has 0 unspecified atom stereocenters. The van der Waals surface area contributed by atoms with Crippen LogP contribution in [0.4, 0.5) is 0 Å². The molecule has 1 amide bonds. The Balaban J connectivity index is 2.03. The highest BCUT2D eigenvalue weighted by atomic mass is 32.1. The number of rotatable bonds is 3. The molecule has 0 fully saturated rings. The maximum Gasteiger partial charge on any atom is 0.271 e. The van der Waals surface area contributed by atoms with Crippen molar-refractivity contribution in [2.75, 3.05) is 0 Å². The summed E-state index contributed by atoms with van der Waals surface area (Å²) in [5, 5.41) is 3.73. The third kappa shape index (κ3) is 2.52. The van der Waals surface area contributed by atoms with Gasteiger partial charge in [0.15, 0.2) is 0 Å². The summed E-state index contributed by atoms with van der Waals surface area (Å²) in [7, 11) is 1.90. The van der Waals surface area contributed by atoms with E-state index in [2.05, 4.69) is 15.3 Å². The van der Waals surface area contributed by atoms with Crippen molar-refractivity contribution in [1.82, 2.24) is 19.9 Å². The molecule has 2 rings (SSSR count). The van der Waals surface area contributed by atoms with Gasteiger partial charge in [-0.1, -0.05) is 0 Å². The van der Waals surface area contributed by atoms with Gasteiger partial charge < -0.3 is 9.88 Å². The lowest BCUT2D eigenvalue weighted by molar-refractivity contribution is 0.0944. The summed E-state index contributed by atoms with van der Waals surface area (Å²) >= 11 is 1.53. The van der Waals surface area contributed by atoms with E-state index in [0.717, 1.165) is 15.7 Å². The van der Waals surface area contributed by atoms with Crippen molar-refractivity contribution in [2.24, 2.45) is 7.05 Å². The van der Waals surface area contributed by atoms with E-state index in [-0.39, 0.29) is 5.91 Å². The standard InChI is InChI=1S/C11H14N4OS/c1-7-10(14-8(2)17-7)11(16)13-6-9-12-4-5-15(9)3/h4-5H,6H2,1-3H3,(H,13,16). The molecule has 0 bridgehead atoms. The number of carbonyl (C=O) groups excluding carboxylic acids is 1. The number of nitrogens with one attached hydrogen (secondary N) is 1. The van der Waals surface area contributed by atoms with Gasteiger partial charge in [-0.2, -0.15) is 0 Å². The number of carbonyl (C=O) groups is 1. The third-order valence-electron chi connectivity index (χ3n) is 2.45. The van der Waals surface area contributed by atoms with Gasteiger partial charge in [0.1, 0.15) is 11.5 Å². The lowest BCUT2D eigenvalue weighted by Gasteiger charge is -2.03. The van der Waals surface area contributed by atoms with E-state index in [0.29, 0.717) is 12.2 Å². The van der Waals surface area contributed by atoms with Gasteiger partial charge in [-0.3, -0.25) is 4.79 Å². The molecule has 2 aromatic rings. The van der Waals surface area contributed by atoms with Gasteiger partial charge in [-0.25, -0.2) is 9.97 Å². The molecule has 0 spiro atoms. The fourth-order valence-corrected chi connectivity index (χ4v) is 2.36. The molecule has 0 saturated carbocycles. The molecule has 0 aliphatic carbocycles. The first-order valence-electron chi connectivity index (χ1n) is 5.26. The predicted molar refractivity (Wildman–Crippen MR) is 66.0 cm³/mol. The van der Waals surface area contributed by atoms with E-state index >= 15 is 0 Å². The van der Waals surface area contributed by atoms with Crippen molar-refractivity contribution >= 4 is 17.2 Å². The van der Waals surface area contributed by atoms with Crippen LogP contribution in [-0.2, 0) is 13.6 Å². The van der Waals surface area contributed by atoms with Crippen LogP contribution >= 0.6 is 11.3 Å². The summed E-state index contributed by atoms with van der Waals surface area (Å²) in [6.07, 6.45) is 3.56. The Bertz CT molecular complexity index is 543. The summed E-state index contributed by atoms with van der Waals surface area (Å²) in [6, 6.07) is 0. The van der Waals surface area contributed by atoms with Crippen molar-refractivity contribution in [2.45, 2.75) is 20.4 Å². The van der Waals surface area contributed by atoms with Crippen LogP contribution < -0.4 is 5.32 Å². The molecule has 0 aromatic carbocycles. The van der Waals surface area contributed by atoms with Crippen molar-refractivity contribution in [1.29, 1.82) is 0 Å². The lowest BCUT2D eigenvalue weighted by Crippen LogP contribution is -2.25. The lowest BCUT2D eigenvalue weighted by atomic mass is 10.3. The molecular formula is C11H14N4OS. The fourth-order valence-electron chi connectivity index (χ4n) is 1.55. The maximum absolute atomic E-state index is 11.9. The summed E-state index contributed by atoms with van der Waals surface area (Å²) < 4.78 is 1.87. The fraction of sp³-hybridized carbons (Fsp3) is 0.364. The van der Waals surface area contributed by atoms with Gasteiger partial charge in [0.2, 0.25) is 0 Å². The van der Waals surface area contributed by atoms with Gasteiger partial charge in [-0.05, 0) is 13.8 Å². The van der Waals surface area contributed by atoms with Crippen LogP contribution in [0.25, 0.3) is 0 Å². The molecule has 2 aromatic heterocycles. The minimum atomic E-state index is -0.144. The number of hydrogen-bond donors (Lipinski definition) is 1. The number of aryl methyl sites for hydroxylation is 3. The first-order chi connectivity index (χ1) is 8.08. The number of aromatic nitrogens is 3. The highest BCUT2D eigenvalue weighted by molar-refractivity contribution is 7.11. The highest BCUT2D eigenvalue weighted by Crippen LogP contribution is 2.16. The van der Waals surface area contributed by atoms with Gasteiger partial charge in [-0.15, -0.1) is 11.3 Å². The quantitative estimate of drug-likeness (QED) is 0.896. The second-order valence-corrected chi connectivity index (χ2v) is 5.18. The molecule has 5 nitrogen and oxygen atoms in total. The summed E-state index contributed by atoms with van der Waals surface area (Å²) in [6.45, 7) is 4.21. The first kappa shape index (κ1) is 11.8. The van der Waals surface area contributed by atoms with Crippen molar-refractivity contribution in [3.63, 3.8) is 0 Å². The largest absolute Gasteiger partial charge is 0.343 e. The first-order valence-corrected chi connectivity index (χ1v) is 6.08. The summed E-state index contributed by atoms with van der Waals surface area (Å²) in [4.78, 5) is 21.2. The van der Waals surface area contributed by atoms with E-state index in [1.807, 2.05) is 31.7 Å². The van der Waals surface area contributed by atoms with Crippen LogP contribution in [0.15, 0.2) is 12.4 Å². The normalized spacial score (nSPS) is 10.5. The zero-order valence-corrected chi connectivity index (χ0v) is 10.8. The topological polar surface area (TPSA) is 59.8 Å². The van der Waals surface area contributed by atoms with Crippen LogP contribution in [0.5, 0.6) is 0 Å². The predicted octanol–water partition coefficient (Wildman–Crippen LogP) is 1.42. The Kier molecular flexibility index (Phi) is 3.23. The average Bonchev–Trinajstić information content (AvgIpc) is 2.81. The van der Waals surface area contributed by atoms with E-state index in [1.54, 1.807) is 6.20 Å². The van der Waals surface area contributed by atoms with Crippen LogP contribution in [0.3, 0.4) is 0 Å². The number of imidazole rings is 1. The third-order valence-corrected chi connectivity index (χ3v) is 3.33. The second-order valence-electron chi connectivity index (χ2n) is 3.77. The van der Waals surface area contributed by atoms with Gasteiger partial charge >= 0.3 is 0 Å². The monoisotopic (exact) mass is 250 g/mol. The molecule has 17 heavy (non-hydrogen) atoms. The van der Waals surface area contributed by atoms with Crippen LogP contribution in [0.2, 0.25) is 0 Å². The number of thiazole rings is 1. The second kappa shape index (κ2) is 4.67. The molecule has 90 valence electrons. The van der Waals surface area contributed by atoms with Crippen molar-refractivity contribution in [3.05, 3.63) is 33.8 Å². The number of hydrogen-bond acceptors (Lipinski definition) is 4. The Morgan fingerprint density at radius 2 is 2.29 bits per heavy atom. The van der Waals surface area contributed by atoms with Gasteiger partial charge in [0, 0.05) is 24.3 Å². The molecule has 1 N–H and O–H groups in total. The molecule has 2 heterocycles. The van der Waals surface area contributed by atoms with E-state index in [1.165, 1.54) is 11.3 Å². The average molecular weight is 250 g/mol. The van der Waals surface area contributed by atoms with Crippen LogP contribution in [0, 0.1) is 13.8 Å². The number of amides is 1. The Labute approximate surface area is 104 Å².